The Balaban J connectivity index is 0.00000163. The quantitative estimate of drug-likeness (QED) is 0.738. The number of imide groups is 1. The van der Waals surface area contributed by atoms with Crippen LogP contribution in [0.3, 0.4) is 0 Å². The fourth-order valence-electron chi connectivity index (χ4n) is 2.77. The van der Waals surface area contributed by atoms with Crippen molar-refractivity contribution in [2.75, 3.05) is 6.54 Å². The van der Waals surface area contributed by atoms with Gasteiger partial charge in [0, 0.05) is 16.5 Å². The first kappa shape index (κ1) is 22.1. The summed E-state index contributed by atoms with van der Waals surface area (Å²) in [5.41, 5.74) is -1.45. The number of ketones is 1. The molecule has 0 bridgehead atoms. The van der Waals surface area contributed by atoms with E-state index in [2.05, 4.69) is 11.9 Å². The third-order valence-electron chi connectivity index (χ3n) is 4.23. The number of piperidine rings is 1. The fourth-order valence-corrected chi connectivity index (χ4v) is 3.15. The number of hydrogen-bond donors (Lipinski definition) is 1. The van der Waals surface area contributed by atoms with Gasteiger partial charge in [0.1, 0.15) is 5.54 Å². The third kappa shape index (κ3) is 3.91. The first-order valence-electron chi connectivity index (χ1n) is 8.24. The lowest BCUT2D eigenvalue weighted by atomic mass is 9.85. The number of amides is 3. The molecule has 0 spiro atoms. The minimum atomic E-state index is -1.33. The van der Waals surface area contributed by atoms with Gasteiger partial charge in [-0.1, -0.05) is 49.7 Å². The molecule has 1 fully saturated rings. The van der Waals surface area contributed by atoms with Crippen molar-refractivity contribution in [1.82, 2.24) is 10.2 Å². The summed E-state index contributed by atoms with van der Waals surface area (Å²) in [6, 6.07) is 0. The van der Waals surface area contributed by atoms with E-state index in [0.29, 0.717) is 0 Å². The molecule has 3 amide bonds. The van der Waals surface area contributed by atoms with E-state index in [1.54, 1.807) is 6.92 Å². The van der Waals surface area contributed by atoms with Crippen LogP contribution >= 0.6 is 23.2 Å². The molecule has 0 aliphatic carbocycles. The molecule has 0 radical (unpaired) electrons. The first-order chi connectivity index (χ1) is 12.1. The summed E-state index contributed by atoms with van der Waals surface area (Å²) in [7, 11) is 0. The Morgan fingerprint density at radius 2 is 1.77 bits per heavy atom. The molecule has 2 heterocycles. The van der Waals surface area contributed by atoms with Crippen LogP contribution in [0.4, 0.5) is 0 Å². The number of rotatable bonds is 3. The topological polar surface area (TPSA) is 83.6 Å². The van der Waals surface area contributed by atoms with Gasteiger partial charge in [0.15, 0.2) is 5.78 Å². The Hall–Kier alpha value is -1.92. The van der Waals surface area contributed by atoms with Gasteiger partial charge in [0.2, 0.25) is 5.91 Å². The van der Waals surface area contributed by atoms with Crippen LogP contribution in [-0.2, 0) is 19.2 Å². The Kier molecular flexibility index (Phi) is 7.35. The number of Topliss-reactive ketones (excluding diaryl/α,β-unsaturated/α-hetero) is 1. The van der Waals surface area contributed by atoms with Crippen molar-refractivity contribution in [3.8, 4) is 0 Å². The predicted octanol–water partition coefficient (Wildman–Crippen LogP) is 2.81. The number of nitrogens with zero attached hydrogens (tertiary/aromatic N) is 1. The molecule has 6 nitrogen and oxygen atoms in total. The van der Waals surface area contributed by atoms with Crippen LogP contribution in [0.15, 0.2) is 33.9 Å². The molecule has 0 aromatic heterocycles. The molecule has 8 heteroatoms. The van der Waals surface area contributed by atoms with Gasteiger partial charge < -0.3 is 4.90 Å². The predicted molar refractivity (Wildman–Crippen MR) is 100 cm³/mol. The largest absolute Gasteiger partial charge is 0.316 e. The van der Waals surface area contributed by atoms with Crippen molar-refractivity contribution in [3.63, 3.8) is 0 Å². The van der Waals surface area contributed by atoms with Crippen LogP contribution in [0, 0.1) is 0 Å². The molecule has 1 N–H and O–H groups in total. The van der Waals surface area contributed by atoms with Crippen LogP contribution in [0.25, 0.3) is 0 Å². The first-order valence-corrected chi connectivity index (χ1v) is 8.99. The standard InChI is InChI=1S/C16H16Cl2N2O4.C2H6/c1-4-9(18)13-10(21)7-20(14(23)12(13)8(2)17)16(3)6-5-11(22)19-15(16)24;1-2/h4H,2,5-7H2,1,3H3,(H,19,22,24);1-2H3/b9-4+;. The van der Waals surface area contributed by atoms with Crippen molar-refractivity contribution in [2.45, 2.75) is 46.1 Å². The highest BCUT2D eigenvalue weighted by molar-refractivity contribution is 6.41. The van der Waals surface area contributed by atoms with Gasteiger partial charge in [-0.05, 0) is 20.3 Å². The van der Waals surface area contributed by atoms with Crippen LogP contribution < -0.4 is 5.32 Å². The molecule has 0 saturated carbocycles. The number of nitrogens with one attached hydrogen (secondary N) is 1. The smallest absolute Gasteiger partial charge is 0.257 e. The lowest BCUT2D eigenvalue weighted by Crippen LogP contribution is -2.65. The van der Waals surface area contributed by atoms with Gasteiger partial charge in [0.25, 0.3) is 11.8 Å². The number of carbonyl (C=O) groups excluding carboxylic acids is 4. The summed E-state index contributed by atoms with van der Waals surface area (Å²) in [5, 5.41) is 2.16. The van der Waals surface area contributed by atoms with Crippen LogP contribution in [-0.4, -0.2) is 40.5 Å². The summed E-state index contributed by atoms with van der Waals surface area (Å²) in [6.07, 6.45) is 1.67. The zero-order chi connectivity index (χ0) is 20.2. The van der Waals surface area contributed by atoms with Gasteiger partial charge in [-0.25, -0.2) is 0 Å². The van der Waals surface area contributed by atoms with Gasteiger partial charge in [-0.15, -0.1) is 0 Å². The minimum Gasteiger partial charge on any atom is -0.316 e. The zero-order valence-corrected chi connectivity index (χ0v) is 16.8. The molecule has 26 heavy (non-hydrogen) atoms. The number of halogens is 2. The van der Waals surface area contributed by atoms with Crippen molar-refractivity contribution in [1.29, 1.82) is 0 Å². The monoisotopic (exact) mass is 400 g/mol. The van der Waals surface area contributed by atoms with Gasteiger partial charge in [0.05, 0.1) is 17.7 Å². The molecule has 2 aliphatic heterocycles. The Morgan fingerprint density at radius 1 is 1.19 bits per heavy atom. The molecular weight excluding hydrogens is 379 g/mol. The Labute approximate surface area is 162 Å². The van der Waals surface area contributed by atoms with E-state index in [0.717, 1.165) is 4.90 Å². The molecular formula is C18H22Cl2N2O4. The third-order valence-corrected chi connectivity index (χ3v) is 4.83. The molecule has 1 unspecified atom stereocenters. The number of carbonyl (C=O) groups is 4. The summed E-state index contributed by atoms with van der Waals surface area (Å²) in [6.45, 7) is 10.3. The SMILES string of the molecule is C=C(Cl)C1=C(/C(Cl)=C\C)C(=O)CN(C2(C)CCC(=O)NC2=O)C1=O.CC. The Morgan fingerprint density at radius 3 is 2.23 bits per heavy atom. The average Bonchev–Trinajstić information content (AvgIpc) is 2.60. The summed E-state index contributed by atoms with van der Waals surface area (Å²) < 4.78 is 0. The Bertz CT molecular complexity index is 739. The maximum absolute atomic E-state index is 12.9. The van der Waals surface area contributed by atoms with E-state index < -0.39 is 29.0 Å². The molecule has 2 aliphatic rings. The summed E-state index contributed by atoms with van der Waals surface area (Å²) >= 11 is 12.0. The highest BCUT2D eigenvalue weighted by Gasteiger charge is 2.49. The highest BCUT2D eigenvalue weighted by Crippen LogP contribution is 2.36. The second kappa shape index (κ2) is 8.64. The van der Waals surface area contributed by atoms with Crippen molar-refractivity contribution in [3.05, 3.63) is 33.9 Å². The molecule has 2 rings (SSSR count). The molecule has 142 valence electrons. The number of allylic oxidation sites excluding steroid dienone is 2. The maximum Gasteiger partial charge on any atom is 0.257 e. The molecule has 0 aromatic rings. The zero-order valence-electron chi connectivity index (χ0n) is 15.2. The maximum atomic E-state index is 12.9. The normalized spacial score (nSPS) is 24.2. The lowest BCUT2D eigenvalue weighted by molar-refractivity contribution is -0.152. The minimum absolute atomic E-state index is 0.00342. The van der Waals surface area contributed by atoms with E-state index >= 15 is 0 Å². The second-order valence-electron chi connectivity index (χ2n) is 5.76. The molecule has 1 atom stereocenters. The van der Waals surface area contributed by atoms with Crippen molar-refractivity contribution < 1.29 is 19.2 Å². The van der Waals surface area contributed by atoms with E-state index in [9.17, 15) is 19.2 Å². The van der Waals surface area contributed by atoms with Crippen molar-refractivity contribution >= 4 is 46.7 Å². The summed E-state index contributed by atoms with van der Waals surface area (Å²) in [4.78, 5) is 50.2. The van der Waals surface area contributed by atoms with Gasteiger partial charge in [-0.3, -0.25) is 24.5 Å². The van der Waals surface area contributed by atoms with E-state index in [-0.39, 0.29) is 40.6 Å². The number of hydrogen-bond acceptors (Lipinski definition) is 4. The summed E-state index contributed by atoms with van der Waals surface area (Å²) in [5.74, 6) is -2.10. The van der Waals surface area contributed by atoms with E-state index in [1.807, 2.05) is 13.8 Å². The fraction of sp³-hybridized carbons (Fsp3) is 0.444. The van der Waals surface area contributed by atoms with Crippen LogP contribution in [0.1, 0.15) is 40.5 Å². The van der Waals surface area contributed by atoms with E-state index in [1.165, 1.54) is 13.0 Å². The van der Waals surface area contributed by atoms with Gasteiger partial charge >= 0.3 is 0 Å². The highest BCUT2D eigenvalue weighted by atomic mass is 35.5. The van der Waals surface area contributed by atoms with E-state index in [4.69, 9.17) is 23.2 Å². The lowest BCUT2D eigenvalue weighted by Gasteiger charge is -2.43. The molecule has 0 aromatic carbocycles. The average molecular weight is 401 g/mol. The van der Waals surface area contributed by atoms with Crippen LogP contribution in [0.2, 0.25) is 0 Å². The van der Waals surface area contributed by atoms with Crippen molar-refractivity contribution in [2.24, 2.45) is 0 Å². The second-order valence-corrected chi connectivity index (χ2v) is 6.62. The molecule has 1 saturated heterocycles. The van der Waals surface area contributed by atoms with Crippen LogP contribution in [0.5, 0.6) is 0 Å². The van der Waals surface area contributed by atoms with Gasteiger partial charge in [-0.2, -0.15) is 0 Å².